The predicted molar refractivity (Wildman–Crippen MR) is 114 cm³/mol. The molecule has 29 heavy (non-hydrogen) atoms. The average Bonchev–Trinajstić information content (AvgIpc) is 3.25. The van der Waals surface area contributed by atoms with Crippen molar-refractivity contribution in [2.75, 3.05) is 13.1 Å². The molecule has 1 amide bonds. The number of nitrogens with zero attached hydrogens (tertiary/aromatic N) is 4. The van der Waals surface area contributed by atoms with Crippen LogP contribution in [-0.4, -0.2) is 38.4 Å². The first kappa shape index (κ1) is 19.4. The van der Waals surface area contributed by atoms with Gasteiger partial charge in [0.15, 0.2) is 0 Å². The Morgan fingerprint density at radius 2 is 1.97 bits per heavy atom. The predicted octanol–water partition coefficient (Wildman–Crippen LogP) is 4.34. The molecule has 0 aliphatic carbocycles. The summed E-state index contributed by atoms with van der Waals surface area (Å²) in [7, 11) is 0. The van der Waals surface area contributed by atoms with Crippen LogP contribution in [-0.2, 0) is 11.2 Å². The van der Waals surface area contributed by atoms with E-state index < -0.39 is 0 Å². The van der Waals surface area contributed by atoms with Crippen LogP contribution in [0.5, 0.6) is 0 Å². The Morgan fingerprint density at radius 1 is 1.14 bits per heavy atom. The summed E-state index contributed by atoms with van der Waals surface area (Å²) in [4.78, 5) is 24.2. The minimum Gasteiger partial charge on any atom is -0.342 e. The van der Waals surface area contributed by atoms with Gasteiger partial charge in [-0.15, -0.1) is 0 Å². The summed E-state index contributed by atoms with van der Waals surface area (Å²) in [5.74, 6) is 2.72. The standard InChI is InChI=1S/C24H28N4O/c1-18(2)24-25-13-15-28(24)22-12-6-11-21(26-22)20-10-7-14-27(17-20)23(29)16-19-8-4-3-5-9-19/h3-6,8-9,11-13,15,18,20H,7,10,14,16-17H2,1-2H3. The van der Waals surface area contributed by atoms with Crippen LogP contribution < -0.4 is 0 Å². The number of carbonyl (C=O) groups is 1. The number of amides is 1. The molecular formula is C24H28N4O. The molecule has 0 N–H and O–H groups in total. The van der Waals surface area contributed by atoms with E-state index in [4.69, 9.17) is 4.98 Å². The maximum atomic E-state index is 12.8. The lowest BCUT2D eigenvalue weighted by Gasteiger charge is -2.32. The summed E-state index contributed by atoms with van der Waals surface area (Å²) in [6.45, 7) is 5.85. The highest BCUT2D eigenvalue weighted by Gasteiger charge is 2.26. The molecular weight excluding hydrogens is 360 g/mol. The van der Waals surface area contributed by atoms with Gasteiger partial charge in [0.05, 0.1) is 6.42 Å². The lowest BCUT2D eigenvalue weighted by atomic mass is 9.93. The zero-order chi connectivity index (χ0) is 20.2. The summed E-state index contributed by atoms with van der Waals surface area (Å²) < 4.78 is 2.06. The van der Waals surface area contributed by atoms with E-state index in [0.717, 1.165) is 48.8 Å². The van der Waals surface area contributed by atoms with Gasteiger partial charge in [-0.2, -0.15) is 0 Å². The summed E-state index contributed by atoms with van der Waals surface area (Å²) in [5, 5.41) is 0. The van der Waals surface area contributed by atoms with Crippen LogP contribution in [0, 0.1) is 0 Å². The maximum absolute atomic E-state index is 12.8. The number of hydrogen-bond acceptors (Lipinski definition) is 3. The van der Waals surface area contributed by atoms with Gasteiger partial charge in [-0.3, -0.25) is 9.36 Å². The Morgan fingerprint density at radius 3 is 2.76 bits per heavy atom. The smallest absolute Gasteiger partial charge is 0.227 e. The molecule has 3 heterocycles. The number of imidazole rings is 1. The molecule has 1 aliphatic heterocycles. The Labute approximate surface area is 172 Å². The third kappa shape index (κ3) is 4.39. The zero-order valence-electron chi connectivity index (χ0n) is 17.2. The van der Waals surface area contributed by atoms with Crippen molar-refractivity contribution in [1.82, 2.24) is 19.4 Å². The first-order chi connectivity index (χ1) is 14.1. The highest BCUT2D eigenvalue weighted by atomic mass is 16.2. The molecule has 1 saturated heterocycles. The number of rotatable bonds is 5. The van der Waals surface area contributed by atoms with Crippen molar-refractivity contribution in [3.8, 4) is 5.82 Å². The van der Waals surface area contributed by atoms with Gasteiger partial charge in [0.1, 0.15) is 11.6 Å². The number of hydrogen-bond donors (Lipinski definition) is 0. The van der Waals surface area contributed by atoms with E-state index in [1.54, 1.807) is 0 Å². The molecule has 3 aromatic rings. The van der Waals surface area contributed by atoms with Crippen molar-refractivity contribution >= 4 is 5.91 Å². The topological polar surface area (TPSA) is 51.0 Å². The van der Waals surface area contributed by atoms with E-state index >= 15 is 0 Å². The summed E-state index contributed by atoms with van der Waals surface area (Å²) in [6.07, 6.45) is 6.34. The number of piperidine rings is 1. The van der Waals surface area contributed by atoms with Gasteiger partial charge in [-0.25, -0.2) is 9.97 Å². The Balaban J connectivity index is 1.50. The van der Waals surface area contributed by atoms with Crippen molar-refractivity contribution in [3.63, 3.8) is 0 Å². The van der Waals surface area contributed by atoms with Crippen molar-refractivity contribution in [2.45, 2.75) is 44.9 Å². The molecule has 5 heteroatoms. The van der Waals surface area contributed by atoms with Gasteiger partial charge < -0.3 is 4.90 Å². The molecule has 0 radical (unpaired) electrons. The second kappa shape index (κ2) is 8.60. The van der Waals surface area contributed by atoms with Gasteiger partial charge >= 0.3 is 0 Å². The molecule has 1 fully saturated rings. The molecule has 1 aliphatic rings. The fourth-order valence-corrected chi connectivity index (χ4v) is 4.06. The van der Waals surface area contributed by atoms with Gasteiger partial charge in [0.2, 0.25) is 5.91 Å². The highest BCUT2D eigenvalue weighted by Crippen LogP contribution is 2.27. The molecule has 1 atom stereocenters. The lowest BCUT2D eigenvalue weighted by Crippen LogP contribution is -2.40. The van der Waals surface area contributed by atoms with Crippen molar-refractivity contribution in [2.24, 2.45) is 0 Å². The number of likely N-dealkylation sites (tertiary alicyclic amines) is 1. The number of benzene rings is 1. The quantitative estimate of drug-likeness (QED) is 0.653. The minimum atomic E-state index is 0.203. The second-order valence-electron chi connectivity index (χ2n) is 8.07. The monoisotopic (exact) mass is 388 g/mol. The molecule has 1 aromatic carbocycles. The van der Waals surface area contributed by atoms with Crippen LogP contribution in [0.4, 0.5) is 0 Å². The average molecular weight is 389 g/mol. The summed E-state index contributed by atoms with van der Waals surface area (Å²) >= 11 is 0. The molecule has 0 bridgehead atoms. The molecule has 0 saturated carbocycles. The molecule has 150 valence electrons. The first-order valence-electron chi connectivity index (χ1n) is 10.4. The Bertz CT molecular complexity index is 964. The van der Waals surface area contributed by atoms with Crippen molar-refractivity contribution in [1.29, 1.82) is 0 Å². The van der Waals surface area contributed by atoms with E-state index in [0.29, 0.717) is 12.3 Å². The SMILES string of the molecule is CC(C)c1nccn1-c1cccc(C2CCCN(C(=O)Cc3ccccc3)C2)n1. The third-order valence-corrected chi connectivity index (χ3v) is 5.58. The van der Waals surface area contributed by atoms with Gasteiger partial charge in [-0.05, 0) is 30.5 Å². The molecule has 5 nitrogen and oxygen atoms in total. The van der Waals surface area contributed by atoms with Crippen LogP contribution in [0.1, 0.15) is 55.6 Å². The fourth-order valence-electron chi connectivity index (χ4n) is 4.06. The molecule has 1 unspecified atom stereocenters. The van der Waals surface area contributed by atoms with E-state index in [1.165, 1.54) is 0 Å². The van der Waals surface area contributed by atoms with Crippen LogP contribution in [0.15, 0.2) is 60.9 Å². The van der Waals surface area contributed by atoms with Crippen molar-refractivity contribution < 1.29 is 4.79 Å². The summed E-state index contributed by atoms with van der Waals surface area (Å²) in [6, 6.07) is 16.2. The molecule has 0 spiro atoms. The number of carbonyl (C=O) groups excluding carboxylic acids is 1. The van der Waals surface area contributed by atoms with E-state index in [1.807, 2.05) is 53.7 Å². The van der Waals surface area contributed by atoms with Gasteiger partial charge in [0.25, 0.3) is 0 Å². The fraction of sp³-hybridized carbons (Fsp3) is 0.375. The summed E-state index contributed by atoms with van der Waals surface area (Å²) in [5.41, 5.74) is 2.13. The minimum absolute atomic E-state index is 0.203. The Hall–Kier alpha value is -2.95. The number of pyridine rings is 1. The second-order valence-corrected chi connectivity index (χ2v) is 8.07. The van der Waals surface area contributed by atoms with Gasteiger partial charge in [0, 0.05) is 43.0 Å². The Kier molecular flexibility index (Phi) is 5.74. The maximum Gasteiger partial charge on any atom is 0.227 e. The van der Waals surface area contributed by atoms with Crippen LogP contribution in [0.2, 0.25) is 0 Å². The van der Waals surface area contributed by atoms with E-state index in [-0.39, 0.29) is 11.8 Å². The van der Waals surface area contributed by atoms with E-state index in [2.05, 4.69) is 35.5 Å². The van der Waals surface area contributed by atoms with Crippen LogP contribution >= 0.6 is 0 Å². The molecule has 4 rings (SSSR count). The normalized spacial score (nSPS) is 16.9. The van der Waals surface area contributed by atoms with E-state index in [9.17, 15) is 4.79 Å². The third-order valence-electron chi connectivity index (χ3n) is 5.58. The van der Waals surface area contributed by atoms with Crippen molar-refractivity contribution in [3.05, 3.63) is 78.0 Å². The van der Waals surface area contributed by atoms with Crippen LogP contribution in [0.3, 0.4) is 0 Å². The largest absolute Gasteiger partial charge is 0.342 e. The molecule has 2 aromatic heterocycles. The zero-order valence-corrected chi connectivity index (χ0v) is 17.2. The number of aromatic nitrogens is 3. The van der Waals surface area contributed by atoms with Gasteiger partial charge in [-0.1, -0.05) is 50.2 Å². The lowest BCUT2D eigenvalue weighted by molar-refractivity contribution is -0.131. The first-order valence-corrected chi connectivity index (χ1v) is 10.4. The highest BCUT2D eigenvalue weighted by molar-refractivity contribution is 5.79. The van der Waals surface area contributed by atoms with Crippen LogP contribution in [0.25, 0.3) is 5.82 Å².